The standard InChI is InChI=1S/C12H14BrN3S/c1-16(7-11-4-10(13)8-17-11)12-6-15-3-2-9(12)5-14/h2-4,6,8H,5,7,14H2,1H3. The van der Waals surface area contributed by atoms with E-state index in [1.807, 2.05) is 12.3 Å². The molecule has 3 nitrogen and oxygen atoms in total. The first-order valence-corrected chi connectivity index (χ1v) is 6.95. The first-order chi connectivity index (χ1) is 8.20. The molecule has 17 heavy (non-hydrogen) atoms. The third-order valence-electron chi connectivity index (χ3n) is 2.53. The van der Waals surface area contributed by atoms with Gasteiger partial charge < -0.3 is 10.6 Å². The molecule has 5 heteroatoms. The van der Waals surface area contributed by atoms with Gasteiger partial charge in [-0.2, -0.15) is 0 Å². The van der Waals surface area contributed by atoms with Crippen LogP contribution in [0.2, 0.25) is 0 Å². The van der Waals surface area contributed by atoms with Gasteiger partial charge in [-0.15, -0.1) is 11.3 Å². The summed E-state index contributed by atoms with van der Waals surface area (Å²) in [5.41, 5.74) is 7.95. The Balaban J connectivity index is 2.16. The summed E-state index contributed by atoms with van der Waals surface area (Å²) in [4.78, 5) is 7.64. The molecule has 0 amide bonds. The maximum absolute atomic E-state index is 5.73. The quantitative estimate of drug-likeness (QED) is 0.944. The molecule has 0 saturated carbocycles. The predicted octanol–water partition coefficient (Wildman–Crippen LogP) is 3.00. The second-order valence-electron chi connectivity index (χ2n) is 3.80. The lowest BCUT2D eigenvalue weighted by Crippen LogP contribution is -2.18. The number of anilines is 1. The van der Waals surface area contributed by atoms with Crippen molar-refractivity contribution >= 4 is 33.0 Å². The molecule has 90 valence electrons. The summed E-state index contributed by atoms with van der Waals surface area (Å²) in [5.74, 6) is 0. The summed E-state index contributed by atoms with van der Waals surface area (Å²) in [7, 11) is 2.06. The van der Waals surface area contributed by atoms with Gasteiger partial charge in [-0.25, -0.2) is 0 Å². The second-order valence-corrected chi connectivity index (χ2v) is 5.71. The van der Waals surface area contributed by atoms with E-state index in [-0.39, 0.29) is 0 Å². The summed E-state index contributed by atoms with van der Waals surface area (Å²) in [5, 5.41) is 2.09. The van der Waals surface area contributed by atoms with Crippen LogP contribution in [0, 0.1) is 0 Å². The Morgan fingerprint density at radius 3 is 3.00 bits per heavy atom. The van der Waals surface area contributed by atoms with Gasteiger partial charge >= 0.3 is 0 Å². The minimum atomic E-state index is 0.538. The van der Waals surface area contributed by atoms with Crippen LogP contribution in [0.5, 0.6) is 0 Å². The number of pyridine rings is 1. The lowest BCUT2D eigenvalue weighted by atomic mass is 10.2. The number of nitrogens with zero attached hydrogens (tertiary/aromatic N) is 2. The number of rotatable bonds is 4. The molecule has 0 aliphatic rings. The number of halogens is 1. The van der Waals surface area contributed by atoms with Crippen LogP contribution in [-0.2, 0) is 13.1 Å². The van der Waals surface area contributed by atoms with Gasteiger partial charge in [-0.3, -0.25) is 4.98 Å². The Morgan fingerprint density at radius 2 is 2.35 bits per heavy atom. The van der Waals surface area contributed by atoms with Crippen molar-refractivity contribution < 1.29 is 0 Å². The van der Waals surface area contributed by atoms with Crippen LogP contribution in [0.3, 0.4) is 0 Å². The molecule has 0 saturated heterocycles. The maximum Gasteiger partial charge on any atom is 0.0598 e. The highest BCUT2D eigenvalue weighted by molar-refractivity contribution is 9.10. The molecular formula is C12H14BrN3S. The molecule has 2 N–H and O–H groups in total. The fourth-order valence-electron chi connectivity index (χ4n) is 1.69. The molecule has 0 atom stereocenters. The highest BCUT2D eigenvalue weighted by Gasteiger charge is 2.08. The van der Waals surface area contributed by atoms with Gasteiger partial charge in [-0.1, -0.05) is 0 Å². The molecule has 0 radical (unpaired) electrons. The number of aromatic nitrogens is 1. The van der Waals surface area contributed by atoms with Crippen molar-refractivity contribution in [2.24, 2.45) is 5.73 Å². The van der Waals surface area contributed by atoms with E-state index in [1.165, 1.54) is 4.88 Å². The molecule has 0 spiro atoms. The van der Waals surface area contributed by atoms with E-state index in [0.717, 1.165) is 22.3 Å². The van der Waals surface area contributed by atoms with Crippen LogP contribution in [0.15, 0.2) is 34.4 Å². The largest absolute Gasteiger partial charge is 0.368 e. The van der Waals surface area contributed by atoms with Crippen molar-refractivity contribution in [3.63, 3.8) is 0 Å². The normalized spacial score (nSPS) is 10.5. The highest BCUT2D eigenvalue weighted by atomic mass is 79.9. The van der Waals surface area contributed by atoms with E-state index in [0.29, 0.717) is 6.54 Å². The van der Waals surface area contributed by atoms with Gasteiger partial charge in [0.25, 0.3) is 0 Å². The molecule has 2 aromatic heterocycles. The molecular weight excluding hydrogens is 298 g/mol. The van der Waals surface area contributed by atoms with Crippen LogP contribution in [0.25, 0.3) is 0 Å². The summed E-state index contributed by atoms with van der Waals surface area (Å²) in [6, 6.07) is 4.11. The van der Waals surface area contributed by atoms with Crippen molar-refractivity contribution in [2.45, 2.75) is 13.1 Å². The number of hydrogen-bond donors (Lipinski definition) is 1. The summed E-state index contributed by atoms with van der Waals surface area (Å²) < 4.78 is 1.14. The molecule has 0 aromatic carbocycles. The topological polar surface area (TPSA) is 42.2 Å². The third-order valence-corrected chi connectivity index (χ3v) is 4.22. The predicted molar refractivity (Wildman–Crippen MR) is 76.3 cm³/mol. The van der Waals surface area contributed by atoms with E-state index in [1.54, 1.807) is 17.5 Å². The van der Waals surface area contributed by atoms with Crippen LogP contribution in [0.4, 0.5) is 5.69 Å². The first-order valence-electron chi connectivity index (χ1n) is 5.27. The van der Waals surface area contributed by atoms with E-state index in [4.69, 9.17) is 5.73 Å². The van der Waals surface area contributed by atoms with Gasteiger partial charge in [0, 0.05) is 34.5 Å². The van der Waals surface area contributed by atoms with E-state index in [2.05, 4.69) is 44.3 Å². The summed E-state index contributed by atoms with van der Waals surface area (Å²) >= 11 is 5.21. The first kappa shape index (κ1) is 12.5. The summed E-state index contributed by atoms with van der Waals surface area (Å²) in [6.45, 7) is 1.41. The lowest BCUT2D eigenvalue weighted by molar-refractivity contribution is 0.910. The fraction of sp³-hybridized carbons (Fsp3) is 0.250. The van der Waals surface area contributed by atoms with Gasteiger partial charge in [0.05, 0.1) is 18.4 Å². The van der Waals surface area contributed by atoms with Gasteiger partial charge in [0.15, 0.2) is 0 Å². The van der Waals surface area contributed by atoms with Gasteiger partial charge in [0.1, 0.15) is 0 Å². The van der Waals surface area contributed by atoms with E-state index < -0.39 is 0 Å². The molecule has 2 aromatic rings. The average Bonchev–Trinajstić information content (AvgIpc) is 2.74. The number of hydrogen-bond acceptors (Lipinski definition) is 4. The van der Waals surface area contributed by atoms with E-state index >= 15 is 0 Å². The molecule has 2 heterocycles. The van der Waals surface area contributed by atoms with E-state index in [9.17, 15) is 0 Å². The van der Waals surface area contributed by atoms with Crippen molar-refractivity contribution in [1.29, 1.82) is 0 Å². The molecule has 0 bridgehead atoms. The highest BCUT2D eigenvalue weighted by Crippen LogP contribution is 2.24. The van der Waals surface area contributed by atoms with Crippen molar-refractivity contribution in [3.05, 3.63) is 44.8 Å². The Morgan fingerprint density at radius 1 is 1.53 bits per heavy atom. The van der Waals surface area contributed by atoms with Crippen LogP contribution in [-0.4, -0.2) is 12.0 Å². The second kappa shape index (κ2) is 5.62. The van der Waals surface area contributed by atoms with Crippen molar-refractivity contribution in [1.82, 2.24) is 4.98 Å². The molecule has 0 aliphatic heterocycles. The smallest absolute Gasteiger partial charge is 0.0598 e. The summed E-state index contributed by atoms with van der Waals surface area (Å²) in [6.07, 6.45) is 3.64. The SMILES string of the molecule is CN(Cc1cc(Br)cs1)c1cnccc1CN. The Labute approximate surface area is 113 Å². The third kappa shape index (κ3) is 3.06. The minimum absolute atomic E-state index is 0.538. The minimum Gasteiger partial charge on any atom is -0.368 e. The van der Waals surface area contributed by atoms with Crippen LogP contribution in [0.1, 0.15) is 10.4 Å². The molecule has 0 aliphatic carbocycles. The average molecular weight is 312 g/mol. The van der Waals surface area contributed by atoms with Crippen LogP contribution < -0.4 is 10.6 Å². The van der Waals surface area contributed by atoms with Crippen molar-refractivity contribution in [2.75, 3.05) is 11.9 Å². The molecule has 0 fully saturated rings. The molecule has 2 rings (SSSR count). The van der Waals surface area contributed by atoms with Crippen LogP contribution >= 0.6 is 27.3 Å². The lowest BCUT2D eigenvalue weighted by Gasteiger charge is -2.20. The maximum atomic E-state index is 5.73. The zero-order chi connectivity index (χ0) is 12.3. The number of nitrogens with two attached hydrogens (primary N) is 1. The molecule has 0 unspecified atom stereocenters. The zero-order valence-electron chi connectivity index (χ0n) is 9.56. The Hall–Kier alpha value is -0.910. The number of thiophene rings is 1. The van der Waals surface area contributed by atoms with Gasteiger partial charge in [-0.05, 0) is 33.6 Å². The fourth-order valence-corrected chi connectivity index (χ4v) is 3.19. The Bertz CT molecular complexity index is 498. The zero-order valence-corrected chi connectivity index (χ0v) is 12.0. The Kier molecular flexibility index (Phi) is 4.15. The monoisotopic (exact) mass is 311 g/mol. The van der Waals surface area contributed by atoms with Gasteiger partial charge in [0.2, 0.25) is 0 Å². The van der Waals surface area contributed by atoms with Crippen molar-refractivity contribution in [3.8, 4) is 0 Å².